The van der Waals surface area contributed by atoms with E-state index in [1.54, 1.807) is 60.4 Å². The fraction of sp³-hybridized carbons (Fsp3) is 0.292. The van der Waals surface area contributed by atoms with Gasteiger partial charge in [0.15, 0.2) is 0 Å². The van der Waals surface area contributed by atoms with Crippen LogP contribution in [0.1, 0.15) is 38.3 Å². The van der Waals surface area contributed by atoms with Crippen molar-refractivity contribution >= 4 is 41.0 Å². The van der Waals surface area contributed by atoms with Crippen molar-refractivity contribution in [3.8, 4) is 0 Å². The lowest BCUT2D eigenvalue weighted by Crippen LogP contribution is -2.48. The third kappa shape index (κ3) is 5.84. The zero-order valence-corrected chi connectivity index (χ0v) is 19.5. The van der Waals surface area contributed by atoms with E-state index in [-0.39, 0.29) is 6.03 Å². The van der Waals surface area contributed by atoms with Gasteiger partial charge in [-0.25, -0.2) is 14.4 Å². The Morgan fingerprint density at radius 1 is 1.12 bits per heavy atom. The van der Waals surface area contributed by atoms with E-state index in [0.717, 1.165) is 12.8 Å². The summed E-state index contributed by atoms with van der Waals surface area (Å²) >= 11 is 5.96. The molecule has 174 valence electrons. The second-order valence-corrected chi connectivity index (χ2v) is 8.03. The van der Waals surface area contributed by atoms with Crippen LogP contribution in [0.3, 0.4) is 0 Å². The SMILES string of the molecule is CCCCN1C(=O)N[C@H](c2cccc(NC(=O)Nc3cccc(Cl)c3)c2)C(C(=O)OC)=C1C. The van der Waals surface area contributed by atoms with Crippen molar-refractivity contribution in [2.75, 3.05) is 24.3 Å². The summed E-state index contributed by atoms with van der Waals surface area (Å²) in [6.45, 7) is 4.28. The first-order chi connectivity index (χ1) is 15.8. The number of ether oxygens (including phenoxy) is 1. The Kier molecular flexibility index (Phi) is 7.95. The average Bonchev–Trinajstić information content (AvgIpc) is 2.78. The molecular weight excluding hydrogens is 444 g/mol. The smallest absolute Gasteiger partial charge is 0.337 e. The molecule has 0 saturated carbocycles. The van der Waals surface area contributed by atoms with Gasteiger partial charge in [0, 0.05) is 28.6 Å². The van der Waals surface area contributed by atoms with Gasteiger partial charge in [-0.05, 0) is 49.2 Å². The Morgan fingerprint density at radius 3 is 2.42 bits per heavy atom. The number of rotatable bonds is 7. The van der Waals surface area contributed by atoms with Crippen LogP contribution in [-0.2, 0) is 9.53 Å². The van der Waals surface area contributed by atoms with Crippen molar-refractivity contribution in [1.82, 2.24) is 10.2 Å². The molecule has 0 aromatic heterocycles. The van der Waals surface area contributed by atoms with Gasteiger partial charge in [0.25, 0.3) is 0 Å². The molecule has 0 spiro atoms. The molecule has 0 fully saturated rings. The zero-order valence-electron chi connectivity index (χ0n) is 18.8. The monoisotopic (exact) mass is 470 g/mol. The molecule has 0 saturated heterocycles. The number of nitrogens with one attached hydrogen (secondary N) is 3. The highest BCUT2D eigenvalue weighted by atomic mass is 35.5. The molecule has 0 bridgehead atoms. The number of esters is 1. The number of urea groups is 2. The number of methoxy groups -OCH3 is 1. The first kappa shape index (κ1) is 24.1. The number of unbranched alkanes of at least 4 members (excludes halogenated alkanes) is 1. The largest absolute Gasteiger partial charge is 0.466 e. The summed E-state index contributed by atoms with van der Waals surface area (Å²) < 4.78 is 5.01. The number of anilines is 2. The van der Waals surface area contributed by atoms with Gasteiger partial charge < -0.3 is 20.7 Å². The third-order valence-electron chi connectivity index (χ3n) is 5.30. The topological polar surface area (TPSA) is 99.8 Å². The van der Waals surface area contributed by atoms with Crippen LogP contribution in [0.25, 0.3) is 0 Å². The molecule has 9 heteroatoms. The van der Waals surface area contributed by atoms with Gasteiger partial charge in [-0.1, -0.05) is 43.1 Å². The molecular formula is C24H27ClN4O4. The van der Waals surface area contributed by atoms with Gasteiger partial charge in [-0.15, -0.1) is 0 Å². The number of amides is 4. The highest BCUT2D eigenvalue weighted by Gasteiger charge is 2.36. The Labute approximate surface area is 197 Å². The van der Waals surface area contributed by atoms with Gasteiger partial charge in [0.05, 0.1) is 18.7 Å². The molecule has 3 N–H and O–H groups in total. The number of carbonyl (C=O) groups excluding carboxylic acids is 3. The summed E-state index contributed by atoms with van der Waals surface area (Å²) in [5.74, 6) is -0.518. The van der Waals surface area contributed by atoms with Crippen LogP contribution in [0.5, 0.6) is 0 Å². The van der Waals surface area contributed by atoms with E-state index in [1.165, 1.54) is 7.11 Å². The molecule has 4 amide bonds. The van der Waals surface area contributed by atoms with Crippen molar-refractivity contribution in [2.45, 2.75) is 32.7 Å². The predicted octanol–water partition coefficient (Wildman–Crippen LogP) is 5.30. The molecule has 0 unspecified atom stereocenters. The van der Waals surface area contributed by atoms with Crippen LogP contribution in [0, 0.1) is 0 Å². The maximum Gasteiger partial charge on any atom is 0.337 e. The van der Waals surface area contributed by atoms with E-state index in [9.17, 15) is 14.4 Å². The minimum Gasteiger partial charge on any atom is -0.466 e. The average molecular weight is 471 g/mol. The lowest BCUT2D eigenvalue weighted by atomic mass is 9.94. The third-order valence-corrected chi connectivity index (χ3v) is 5.53. The first-order valence-electron chi connectivity index (χ1n) is 10.6. The van der Waals surface area contributed by atoms with Gasteiger partial charge in [-0.2, -0.15) is 0 Å². The molecule has 1 aliphatic rings. The van der Waals surface area contributed by atoms with Crippen molar-refractivity contribution in [1.29, 1.82) is 0 Å². The maximum atomic E-state index is 12.8. The van der Waals surface area contributed by atoms with Crippen molar-refractivity contribution in [2.24, 2.45) is 0 Å². The Morgan fingerprint density at radius 2 is 1.79 bits per heavy atom. The molecule has 2 aromatic rings. The lowest BCUT2D eigenvalue weighted by molar-refractivity contribution is -0.136. The fourth-order valence-electron chi connectivity index (χ4n) is 3.65. The standard InChI is InChI=1S/C24H27ClN4O4/c1-4-5-12-29-15(2)20(22(30)33-3)21(28-24(29)32)16-8-6-10-18(13-16)26-23(31)27-19-11-7-9-17(25)14-19/h6-11,13-14,21H,4-5,12H2,1-3H3,(H,28,32)(H2,26,27,31)/t21-/m1/s1. The highest BCUT2D eigenvalue weighted by Crippen LogP contribution is 2.32. The van der Waals surface area contributed by atoms with Crippen LogP contribution in [0.4, 0.5) is 21.0 Å². The molecule has 3 rings (SSSR count). The second kappa shape index (κ2) is 10.9. The molecule has 0 radical (unpaired) electrons. The van der Waals surface area contributed by atoms with Crippen LogP contribution in [0.2, 0.25) is 5.02 Å². The van der Waals surface area contributed by atoms with E-state index >= 15 is 0 Å². The van der Waals surface area contributed by atoms with E-state index in [2.05, 4.69) is 16.0 Å². The highest BCUT2D eigenvalue weighted by molar-refractivity contribution is 6.30. The van der Waals surface area contributed by atoms with Crippen LogP contribution in [0.15, 0.2) is 59.8 Å². The quantitative estimate of drug-likeness (QED) is 0.478. The molecule has 2 aromatic carbocycles. The van der Waals surface area contributed by atoms with E-state index < -0.39 is 18.0 Å². The van der Waals surface area contributed by atoms with Gasteiger partial charge in [0.2, 0.25) is 0 Å². The van der Waals surface area contributed by atoms with Gasteiger partial charge >= 0.3 is 18.0 Å². The molecule has 1 atom stereocenters. The van der Waals surface area contributed by atoms with Crippen molar-refractivity contribution in [3.63, 3.8) is 0 Å². The molecule has 33 heavy (non-hydrogen) atoms. The summed E-state index contributed by atoms with van der Waals surface area (Å²) in [5.41, 5.74) is 2.60. The van der Waals surface area contributed by atoms with Gasteiger partial charge in [-0.3, -0.25) is 4.90 Å². The number of hydrogen-bond donors (Lipinski definition) is 3. The normalized spacial score (nSPS) is 15.7. The van der Waals surface area contributed by atoms with E-state index in [1.807, 2.05) is 6.92 Å². The minimum absolute atomic E-state index is 0.282. The predicted molar refractivity (Wildman–Crippen MR) is 128 cm³/mol. The minimum atomic E-state index is -0.708. The molecule has 1 heterocycles. The molecule has 0 aliphatic carbocycles. The van der Waals surface area contributed by atoms with Crippen LogP contribution in [-0.4, -0.2) is 36.6 Å². The molecule has 8 nitrogen and oxygen atoms in total. The van der Waals surface area contributed by atoms with Gasteiger partial charge in [0.1, 0.15) is 0 Å². The Hall–Kier alpha value is -3.52. The zero-order chi connectivity index (χ0) is 24.0. The first-order valence-corrected chi connectivity index (χ1v) is 11.0. The summed E-state index contributed by atoms with van der Waals surface area (Å²) in [4.78, 5) is 39.4. The Bertz CT molecular complexity index is 1090. The lowest BCUT2D eigenvalue weighted by Gasteiger charge is -2.35. The number of halogens is 1. The molecule has 1 aliphatic heterocycles. The maximum absolute atomic E-state index is 12.8. The number of allylic oxidation sites excluding steroid dienone is 1. The number of carbonyl (C=O) groups is 3. The van der Waals surface area contributed by atoms with Crippen LogP contribution < -0.4 is 16.0 Å². The summed E-state index contributed by atoms with van der Waals surface area (Å²) in [5, 5.41) is 8.88. The van der Waals surface area contributed by atoms with E-state index in [4.69, 9.17) is 16.3 Å². The number of benzene rings is 2. The van der Waals surface area contributed by atoms with Crippen molar-refractivity contribution in [3.05, 3.63) is 70.4 Å². The van der Waals surface area contributed by atoms with Crippen molar-refractivity contribution < 1.29 is 19.1 Å². The number of hydrogen-bond acceptors (Lipinski definition) is 4. The summed E-state index contributed by atoms with van der Waals surface area (Å²) in [7, 11) is 1.31. The fourth-order valence-corrected chi connectivity index (χ4v) is 3.84. The van der Waals surface area contributed by atoms with Crippen LogP contribution >= 0.6 is 11.6 Å². The summed E-state index contributed by atoms with van der Waals surface area (Å²) in [6, 6.07) is 12.3. The second-order valence-electron chi connectivity index (χ2n) is 7.59. The number of nitrogens with zero attached hydrogens (tertiary/aromatic N) is 1. The summed E-state index contributed by atoms with van der Waals surface area (Å²) in [6.07, 6.45) is 1.73. The Balaban J connectivity index is 1.85. The van der Waals surface area contributed by atoms with E-state index in [0.29, 0.717) is 39.8 Å².